The fourth-order valence-electron chi connectivity index (χ4n) is 3.24. The Kier molecular flexibility index (Phi) is 3.38. The van der Waals surface area contributed by atoms with Crippen LogP contribution >= 0.6 is 0 Å². The summed E-state index contributed by atoms with van der Waals surface area (Å²) in [6.45, 7) is 4.99. The van der Waals surface area contributed by atoms with Crippen LogP contribution in [0.3, 0.4) is 0 Å². The van der Waals surface area contributed by atoms with Crippen molar-refractivity contribution in [2.45, 2.75) is 13.0 Å². The SMILES string of the molecule is CC1CNCCN1c1nc(N)nc2[nH]cc(-c3ccccc3)c12. The molecule has 4 N–H and O–H groups in total. The summed E-state index contributed by atoms with van der Waals surface area (Å²) in [6.07, 6.45) is 1.99. The van der Waals surface area contributed by atoms with Gasteiger partial charge in [0.25, 0.3) is 0 Å². The maximum Gasteiger partial charge on any atom is 0.223 e. The van der Waals surface area contributed by atoms with E-state index in [1.54, 1.807) is 0 Å². The lowest BCUT2D eigenvalue weighted by atomic mass is 10.1. The number of aromatic nitrogens is 3. The number of rotatable bonds is 2. The first kappa shape index (κ1) is 14.0. The van der Waals surface area contributed by atoms with Gasteiger partial charge in [-0.1, -0.05) is 30.3 Å². The molecule has 23 heavy (non-hydrogen) atoms. The van der Waals surface area contributed by atoms with Gasteiger partial charge in [0.05, 0.1) is 5.39 Å². The monoisotopic (exact) mass is 308 g/mol. The zero-order valence-electron chi connectivity index (χ0n) is 13.1. The summed E-state index contributed by atoms with van der Waals surface area (Å²) in [7, 11) is 0. The summed E-state index contributed by atoms with van der Waals surface area (Å²) in [5, 5.41) is 4.45. The molecule has 2 aromatic heterocycles. The molecule has 1 atom stereocenters. The van der Waals surface area contributed by atoms with Crippen LogP contribution in [0.2, 0.25) is 0 Å². The van der Waals surface area contributed by atoms with E-state index in [-0.39, 0.29) is 0 Å². The minimum Gasteiger partial charge on any atom is -0.368 e. The third kappa shape index (κ3) is 2.41. The van der Waals surface area contributed by atoms with Crippen molar-refractivity contribution in [3.8, 4) is 11.1 Å². The minimum absolute atomic E-state index is 0.305. The van der Waals surface area contributed by atoms with E-state index < -0.39 is 0 Å². The fraction of sp³-hybridized carbons (Fsp3) is 0.294. The number of anilines is 2. The summed E-state index contributed by atoms with van der Waals surface area (Å²) in [6, 6.07) is 10.7. The highest BCUT2D eigenvalue weighted by Crippen LogP contribution is 2.35. The topological polar surface area (TPSA) is 82.9 Å². The Morgan fingerprint density at radius 2 is 2.04 bits per heavy atom. The number of aromatic amines is 1. The molecule has 0 amide bonds. The molecular weight excluding hydrogens is 288 g/mol. The third-order valence-corrected chi connectivity index (χ3v) is 4.39. The average molecular weight is 308 g/mol. The number of nitrogen functional groups attached to an aromatic ring is 1. The second-order valence-electron chi connectivity index (χ2n) is 5.94. The number of fused-ring (bicyclic) bond motifs is 1. The van der Waals surface area contributed by atoms with Crippen LogP contribution in [-0.2, 0) is 0 Å². The number of nitrogens with two attached hydrogens (primary N) is 1. The molecule has 0 aliphatic carbocycles. The number of benzene rings is 1. The molecule has 3 aromatic rings. The van der Waals surface area contributed by atoms with Gasteiger partial charge in [-0.25, -0.2) is 0 Å². The normalized spacial score (nSPS) is 18.5. The van der Waals surface area contributed by atoms with Crippen LogP contribution in [0.15, 0.2) is 36.5 Å². The molecule has 0 bridgehead atoms. The molecule has 1 aliphatic heterocycles. The molecule has 0 saturated carbocycles. The van der Waals surface area contributed by atoms with E-state index in [1.807, 2.05) is 24.4 Å². The molecule has 1 unspecified atom stereocenters. The van der Waals surface area contributed by atoms with Crippen LogP contribution in [0, 0.1) is 0 Å². The van der Waals surface area contributed by atoms with Gasteiger partial charge in [0.15, 0.2) is 0 Å². The second kappa shape index (κ2) is 5.55. The molecular formula is C17H20N6. The van der Waals surface area contributed by atoms with Crippen LogP contribution < -0.4 is 16.0 Å². The van der Waals surface area contributed by atoms with Gasteiger partial charge in [0.2, 0.25) is 5.95 Å². The van der Waals surface area contributed by atoms with E-state index in [0.717, 1.165) is 47.6 Å². The van der Waals surface area contributed by atoms with Crippen LogP contribution in [0.4, 0.5) is 11.8 Å². The number of piperazine rings is 1. The number of nitrogens with one attached hydrogen (secondary N) is 2. The van der Waals surface area contributed by atoms with Gasteiger partial charge < -0.3 is 20.9 Å². The fourth-order valence-corrected chi connectivity index (χ4v) is 3.24. The quantitative estimate of drug-likeness (QED) is 0.674. The van der Waals surface area contributed by atoms with Crippen molar-refractivity contribution in [2.75, 3.05) is 30.3 Å². The van der Waals surface area contributed by atoms with Gasteiger partial charge in [0, 0.05) is 37.4 Å². The summed E-state index contributed by atoms with van der Waals surface area (Å²) in [5.41, 5.74) is 8.99. The number of H-pyrrole nitrogens is 1. The number of hydrogen-bond acceptors (Lipinski definition) is 5. The predicted molar refractivity (Wildman–Crippen MR) is 93.4 cm³/mol. The molecule has 6 nitrogen and oxygen atoms in total. The van der Waals surface area contributed by atoms with Crippen molar-refractivity contribution in [2.24, 2.45) is 0 Å². The molecule has 1 aromatic carbocycles. The Morgan fingerprint density at radius 3 is 2.83 bits per heavy atom. The van der Waals surface area contributed by atoms with Crippen LogP contribution in [0.1, 0.15) is 6.92 Å². The van der Waals surface area contributed by atoms with Crippen molar-refractivity contribution in [3.05, 3.63) is 36.5 Å². The van der Waals surface area contributed by atoms with Crippen molar-refractivity contribution in [3.63, 3.8) is 0 Å². The van der Waals surface area contributed by atoms with Crippen LogP contribution in [0.5, 0.6) is 0 Å². The Balaban J connectivity index is 1.94. The lowest BCUT2D eigenvalue weighted by Crippen LogP contribution is -2.50. The first-order chi connectivity index (χ1) is 11.2. The summed E-state index contributed by atoms with van der Waals surface area (Å²) < 4.78 is 0. The molecule has 0 radical (unpaired) electrons. The predicted octanol–water partition coefficient (Wildman–Crippen LogP) is 2.01. The van der Waals surface area contributed by atoms with Gasteiger partial charge >= 0.3 is 0 Å². The van der Waals surface area contributed by atoms with Crippen molar-refractivity contribution in [1.29, 1.82) is 0 Å². The standard InChI is InChI=1S/C17H20N6/c1-11-9-19-7-8-23(11)16-14-13(12-5-3-2-4-6-12)10-20-15(14)21-17(18)22-16/h2-6,10-11,19H,7-9H2,1H3,(H3,18,20,21,22). The summed E-state index contributed by atoms with van der Waals surface area (Å²) in [5.74, 6) is 1.22. The zero-order chi connectivity index (χ0) is 15.8. The zero-order valence-corrected chi connectivity index (χ0v) is 13.1. The third-order valence-electron chi connectivity index (χ3n) is 4.39. The van der Waals surface area contributed by atoms with Gasteiger partial charge in [-0.15, -0.1) is 0 Å². The summed E-state index contributed by atoms with van der Waals surface area (Å²) >= 11 is 0. The average Bonchev–Trinajstić information content (AvgIpc) is 2.99. The van der Waals surface area contributed by atoms with Gasteiger partial charge in [0.1, 0.15) is 11.5 Å². The number of hydrogen-bond donors (Lipinski definition) is 3. The molecule has 118 valence electrons. The Bertz CT molecular complexity index is 826. The van der Waals surface area contributed by atoms with E-state index in [1.165, 1.54) is 0 Å². The van der Waals surface area contributed by atoms with Gasteiger partial charge in [-0.3, -0.25) is 0 Å². The molecule has 1 saturated heterocycles. The highest BCUT2D eigenvalue weighted by molar-refractivity contribution is 6.01. The summed E-state index contributed by atoms with van der Waals surface area (Å²) in [4.78, 5) is 14.5. The highest BCUT2D eigenvalue weighted by atomic mass is 15.3. The molecule has 1 aliphatic rings. The van der Waals surface area contributed by atoms with Crippen molar-refractivity contribution >= 4 is 22.8 Å². The highest BCUT2D eigenvalue weighted by Gasteiger charge is 2.24. The van der Waals surface area contributed by atoms with Crippen molar-refractivity contribution < 1.29 is 0 Å². The van der Waals surface area contributed by atoms with E-state index in [0.29, 0.717) is 12.0 Å². The van der Waals surface area contributed by atoms with Crippen molar-refractivity contribution in [1.82, 2.24) is 20.3 Å². The van der Waals surface area contributed by atoms with Gasteiger partial charge in [-0.2, -0.15) is 9.97 Å². The lowest BCUT2D eigenvalue weighted by molar-refractivity contribution is 0.498. The first-order valence-electron chi connectivity index (χ1n) is 7.91. The molecule has 4 rings (SSSR count). The number of nitrogens with zero attached hydrogens (tertiary/aromatic N) is 3. The molecule has 3 heterocycles. The smallest absolute Gasteiger partial charge is 0.223 e. The molecule has 1 fully saturated rings. The van der Waals surface area contributed by atoms with Crippen LogP contribution in [-0.4, -0.2) is 40.6 Å². The lowest BCUT2D eigenvalue weighted by Gasteiger charge is -2.35. The minimum atomic E-state index is 0.305. The first-order valence-corrected chi connectivity index (χ1v) is 7.91. The maximum atomic E-state index is 5.94. The van der Waals surface area contributed by atoms with E-state index in [2.05, 4.69) is 44.2 Å². The second-order valence-corrected chi connectivity index (χ2v) is 5.94. The van der Waals surface area contributed by atoms with E-state index >= 15 is 0 Å². The Labute approximate surface area is 134 Å². The van der Waals surface area contributed by atoms with Gasteiger partial charge in [-0.05, 0) is 12.5 Å². The van der Waals surface area contributed by atoms with E-state index in [4.69, 9.17) is 5.73 Å². The Morgan fingerprint density at radius 1 is 1.22 bits per heavy atom. The molecule has 6 heteroatoms. The largest absolute Gasteiger partial charge is 0.368 e. The Hall–Kier alpha value is -2.60. The molecule has 0 spiro atoms. The van der Waals surface area contributed by atoms with E-state index in [9.17, 15) is 0 Å². The maximum absolute atomic E-state index is 5.94. The van der Waals surface area contributed by atoms with Crippen LogP contribution in [0.25, 0.3) is 22.2 Å².